The van der Waals surface area contributed by atoms with Gasteiger partial charge in [-0.2, -0.15) is 4.98 Å². The van der Waals surface area contributed by atoms with Gasteiger partial charge in [0.1, 0.15) is 5.82 Å². The summed E-state index contributed by atoms with van der Waals surface area (Å²) < 4.78 is 0. The zero-order valence-electron chi connectivity index (χ0n) is 15.3. The fraction of sp³-hybridized carbons (Fsp3) is 0.190. The molecule has 7 heteroatoms. The van der Waals surface area contributed by atoms with Crippen LogP contribution in [0.15, 0.2) is 66.9 Å². The van der Waals surface area contributed by atoms with Gasteiger partial charge in [-0.3, -0.25) is 4.79 Å². The number of nitrogens with one attached hydrogen (secondary N) is 1. The maximum Gasteiger partial charge on any atom is 0.253 e. The van der Waals surface area contributed by atoms with Crippen LogP contribution in [-0.2, 0) is 0 Å². The predicted molar refractivity (Wildman–Crippen MR) is 111 cm³/mol. The van der Waals surface area contributed by atoms with Crippen molar-refractivity contribution in [1.82, 2.24) is 14.9 Å². The highest BCUT2D eigenvalue weighted by atomic mass is 35.5. The third-order valence-corrected chi connectivity index (χ3v) is 4.98. The number of para-hydroxylation sites is 1. The van der Waals surface area contributed by atoms with E-state index in [4.69, 9.17) is 11.6 Å². The van der Waals surface area contributed by atoms with Crippen LogP contribution >= 0.6 is 11.6 Å². The Morgan fingerprint density at radius 1 is 0.929 bits per heavy atom. The Balaban J connectivity index is 1.41. The molecule has 1 saturated heterocycles. The maximum atomic E-state index is 12.6. The zero-order chi connectivity index (χ0) is 19.3. The Kier molecular flexibility index (Phi) is 5.39. The topological polar surface area (TPSA) is 61.4 Å². The number of piperazine rings is 1. The lowest BCUT2D eigenvalue weighted by Gasteiger charge is -2.34. The Labute approximate surface area is 168 Å². The number of aromatic nitrogens is 2. The normalized spacial score (nSPS) is 14.0. The molecule has 1 aromatic heterocycles. The predicted octanol–water partition coefficient (Wildman–Crippen LogP) is 3.84. The maximum absolute atomic E-state index is 12.6. The van der Waals surface area contributed by atoms with Gasteiger partial charge in [0.15, 0.2) is 0 Å². The van der Waals surface area contributed by atoms with Gasteiger partial charge in [0.05, 0.1) is 10.7 Å². The number of hydrogen-bond acceptors (Lipinski definition) is 5. The second-order valence-electron chi connectivity index (χ2n) is 6.49. The minimum Gasteiger partial charge on any atom is -0.339 e. The lowest BCUT2D eigenvalue weighted by molar-refractivity contribution is 0.0746. The van der Waals surface area contributed by atoms with Gasteiger partial charge in [0, 0.05) is 37.9 Å². The molecule has 28 heavy (non-hydrogen) atoms. The van der Waals surface area contributed by atoms with E-state index < -0.39 is 0 Å². The van der Waals surface area contributed by atoms with E-state index >= 15 is 0 Å². The monoisotopic (exact) mass is 393 g/mol. The molecule has 1 aliphatic heterocycles. The number of rotatable bonds is 4. The number of carbonyl (C=O) groups excluding carboxylic acids is 1. The molecule has 0 spiro atoms. The van der Waals surface area contributed by atoms with Crippen molar-refractivity contribution in [2.75, 3.05) is 36.4 Å². The number of hydrogen-bond donors (Lipinski definition) is 1. The van der Waals surface area contributed by atoms with Crippen LogP contribution in [-0.4, -0.2) is 47.0 Å². The van der Waals surface area contributed by atoms with Crippen molar-refractivity contribution in [2.24, 2.45) is 0 Å². The average Bonchev–Trinajstić information content (AvgIpc) is 2.76. The van der Waals surface area contributed by atoms with Crippen molar-refractivity contribution in [3.05, 3.63) is 77.4 Å². The molecule has 1 fully saturated rings. The summed E-state index contributed by atoms with van der Waals surface area (Å²) in [6, 6.07) is 18.7. The fourth-order valence-electron chi connectivity index (χ4n) is 3.14. The van der Waals surface area contributed by atoms with Gasteiger partial charge in [0.25, 0.3) is 5.91 Å². The van der Waals surface area contributed by atoms with Crippen LogP contribution in [0, 0.1) is 0 Å². The van der Waals surface area contributed by atoms with E-state index in [1.165, 1.54) is 0 Å². The second-order valence-corrected chi connectivity index (χ2v) is 6.90. The van der Waals surface area contributed by atoms with E-state index in [0.717, 1.165) is 11.3 Å². The van der Waals surface area contributed by atoms with Crippen LogP contribution in [0.3, 0.4) is 0 Å². The summed E-state index contributed by atoms with van der Waals surface area (Å²) in [6.07, 6.45) is 1.73. The number of halogens is 1. The lowest BCUT2D eigenvalue weighted by Crippen LogP contribution is -2.49. The number of nitrogens with zero attached hydrogens (tertiary/aromatic N) is 4. The number of carbonyl (C=O) groups is 1. The second kappa shape index (κ2) is 8.27. The van der Waals surface area contributed by atoms with E-state index in [9.17, 15) is 4.79 Å². The van der Waals surface area contributed by atoms with Crippen molar-refractivity contribution in [3.8, 4) is 0 Å². The van der Waals surface area contributed by atoms with Crippen molar-refractivity contribution in [3.63, 3.8) is 0 Å². The van der Waals surface area contributed by atoms with Gasteiger partial charge >= 0.3 is 0 Å². The van der Waals surface area contributed by atoms with Crippen LogP contribution < -0.4 is 10.2 Å². The third kappa shape index (κ3) is 4.07. The smallest absolute Gasteiger partial charge is 0.253 e. The minimum atomic E-state index is 0.0651. The van der Waals surface area contributed by atoms with Crippen molar-refractivity contribution in [2.45, 2.75) is 0 Å². The van der Waals surface area contributed by atoms with Gasteiger partial charge < -0.3 is 15.1 Å². The third-order valence-electron chi connectivity index (χ3n) is 4.65. The molecule has 0 saturated carbocycles. The number of anilines is 3. The van der Waals surface area contributed by atoms with E-state index in [1.54, 1.807) is 6.20 Å². The molecular formula is C21H20ClN5O. The van der Waals surface area contributed by atoms with Gasteiger partial charge in [-0.15, -0.1) is 0 Å². The quantitative estimate of drug-likeness (QED) is 0.729. The van der Waals surface area contributed by atoms with Crippen LogP contribution in [0.25, 0.3) is 0 Å². The summed E-state index contributed by atoms with van der Waals surface area (Å²) in [5.74, 6) is 1.39. The molecular weight excluding hydrogens is 374 g/mol. The molecule has 4 rings (SSSR count). The van der Waals surface area contributed by atoms with Crippen molar-refractivity contribution < 1.29 is 4.79 Å². The molecule has 1 amide bonds. The number of amides is 1. The summed E-state index contributed by atoms with van der Waals surface area (Å²) in [6.45, 7) is 2.65. The molecule has 142 valence electrons. The summed E-state index contributed by atoms with van der Waals surface area (Å²) in [5.41, 5.74) is 1.52. The van der Waals surface area contributed by atoms with Gasteiger partial charge in [-0.05, 0) is 30.3 Å². The van der Waals surface area contributed by atoms with Crippen LogP contribution in [0.2, 0.25) is 5.02 Å². The summed E-state index contributed by atoms with van der Waals surface area (Å²) >= 11 is 6.21. The van der Waals surface area contributed by atoms with Gasteiger partial charge in [-0.1, -0.05) is 41.9 Å². The Hall–Kier alpha value is -3.12. The van der Waals surface area contributed by atoms with Crippen LogP contribution in [0.5, 0.6) is 0 Å². The molecule has 0 aliphatic carbocycles. The summed E-state index contributed by atoms with van der Waals surface area (Å²) in [7, 11) is 0. The van der Waals surface area contributed by atoms with Gasteiger partial charge in [-0.25, -0.2) is 4.98 Å². The Bertz CT molecular complexity index is 958. The molecule has 1 aliphatic rings. The molecule has 1 N–H and O–H groups in total. The highest BCUT2D eigenvalue weighted by molar-refractivity contribution is 6.33. The molecule has 0 atom stereocenters. The van der Waals surface area contributed by atoms with E-state index in [1.807, 2.05) is 65.6 Å². The summed E-state index contributed by atoms with van der Waals surface area (Å²) in [4.78, 5) is 25.5. The van der Waals surface area contributed by atoms with Crippen molar-refractivity contribution in [1.29, 1.82) is 0 Å². The first-order chi connectivity index (χ1) is 13.7. The van der Waals surface area contributed by atoms with E-state index in [0.29, 0.717) is 43.0 Å². The average molecular weight is 394 g/mol. The van der Waals surface area contributed by atoms with Crippen molar-refractivity contribution >= 4 is 35.0 Å². The first-order valence-electron chi connectivity index (χ1n) is 9.14. The Morgan fingerprint density at radius 3 is 2.39 bits per heavy atom. The fourth-order valence-corrected chi connectivity index (χ4v) is 3.33. The molecule has 0 bridgehead atoms. The SMILES string of the molecule is O=C(c1ccccc1)N1CCN(c2nccc(Nc3ccccc3Cl)n2)CC1. The molecule has 6 nitrogen and oxygen atoms in total. The highest BCUT2D eigenvalue weighted by Crippen LogP contribution is 2.24. The Morgan fingerprint density at radius 2 is 1.64 bits per heavy atom. The molecule has 3 aromatic rings. The lowest BCUT2D eigenvalue weighted by atomic mass is 10.2. The molecule has 0 radical (unpaired) electrons. The summed E-state index contributed by atoms with van der Waals surface area (Å²) in [5, 5.41) is 3.86. The standard InChI is InChI=1S/C21H20ClN5O/c22-17-8-4-5-9-18(17)24-19-10-11-23-21(25-19)27-14-12-26(13-15-27)20(28)16-6-2-1-3-7-16/h1-11H,12-15H2,(H,23,24,25). The first-order valence-corrected chi connectivity index (χ1v) is 9.52. The number of benzene rings is 2. The highest BCUT2D eigenvalue weighted by Gasteiger charge is 2.23. The minimum absolute atomic E-state index is 0.0651. The van der Waals surface area contributed by atoms with E-state index in [-0.39, 0.29) is 5.91 Å². The zero-order valence-corrected chi connectivity index (χ0v) is 16.0. The molecule has 2 aromatic carbocycles. The van der Waals surface area contributed by atoms with Crippen LogP contribution in [0.4, 0.5) is 17.5 Å². The van der Waals surface area contributed by atoms with Gasteiger partial charge in [0.2, 0.25) is 5.95 Å². The molecule has 2 heterocycles. The van der Waals surface area contributed by atoms with E-state index in [2.05, 4.69) is 20.2 Å². The van der Waals surface area contributed by atoms with Crippen LogP contribution in [0.1, 0.15) is 10.4 Å². The molecule has 0 unspecified atom stereocenters. The first kappa shape index (κ1) is 18.3. The largest absolute Gasteiger partial charge is 0.339 e.